The van der Waals surface area contributed by atoms with E-state index in [1.54, 1.807) is 6.26 Å². The van der Waals surface area contributed by atoms with Crippen LogP contribution < -0.4 is 5.32 Å². The second-order valence-electron chi connectivity index (χ2n) is 6.49. The number of piperidine rings is 1. The second-order valence-corrected chi connectivity index (χ2v) is 7.87. The van der Waals surface area contributed by atoms with E-state index >= 15 is 0 Å². The van der Waals surface area contributed by atoms with Gasteiger partial charge in [-0.3, -0.25) is 9.11 Å². The molecule has 128 valence electrons. The number of likely N-dealkylation sites (tertiary alicyclic amines) is 1. The molecule has 2 aromatic rings. The van der Waals surface area contributed by atoms with Crippen molar-refractivity contribution in [3.63, 3.8) is 0 Å². The number of benzene rings is 2. The summed E-state index contributed by atoms with van der Waals surface area (Å²) in [6.45, 7) is 4.28. The highest BCUT2D eigenvalue weighted by atomic mass is 32.2. The van der Waals surface area contributed by atoms with Gasteiger partial charge in [0.25, 0.3) is 0 Å². The lowest BCUT2D eigenvalue weighted by atomic mass is 10.1. The number of nitrogens with one attached hydrogen (secondary N) is 1. The Bertz CT molecular complexity index is 678. The van der Waals surface area contributed by atoms with Crippen LogP contribution in [0.1, 0.15) is 30.4 Å². The standard InChI is InChI=1S/C20H26N2OS/c1-24(23)20-10-8-17(9-11-20)15-21-19-7-5-6-18(14-19)16-22-12-3-2-4-13-22/h5-11,14,21H,2-4,12-13,15-16H2,1H3/t24-/m0/s1. The summed E-state index contributed by atoms with van der Waals surface area (Å²) in [5.74, 6) is 0. The molecule has 1 aliphatic rings. The fraction of sp³-hybridized carbons (Fsp3) is 0.400. The van der Waals surface area contributed by atoms with E-state index in [1.165, 1.54) is 43.5 Å². The predicted molar refractivity (Wildman–Crippen MR) is 102 cm³/mol. The van der Waals surface area contributed by atoms with Crippen molar-refractivity contribution < 1.29 is 4.21 Å². The van der Waals surface area contributed by atoms with Gasteiger partial charge in [0.1, 0.15) is 0 Å². The van der Waals surface area contributed by atoms with E-state index in [4.69, 9.17) is 0 Å². The fourth-order valence-electron chi connectivity index (χ4n) is 3.16. The minimum absolute atomic E-state index is 0.782. The van der Waals surface area contributed by atoms with Gasteiger partial charge in [0.05, 0.1) is 0 Å². The highest BCUT2D eigenvalue weighted by Gasteiger charge is 2.10. The summed E-state index contributed by atoms with van der Waals surface area (Å²) in [5, 5.41) is 3.49. The van der Waals surface area contributed by atoms with Gasteiger partial charge in [0, 0.05) is 40.7 Å². The molecule has 2 aromatic carbocycles. The predicted octanol–water partition coefficient (Wildman–Crippen LogP) is 4.02. The van der Waals surface area contributed by atoms with Crippen LogP contribution in [0.3, 0.4) is 0 Å². The van der Waals surface area contributed by atoms with Crippen LogP contribution in [-0.2, 0) is 23.9 Å². The maximum absolute atomic E-state index is 11.4. The van der Waals surface area contributed by atoms with E-state index in [2.05, 4.69) is 34.5 Å². The molecule has 3 rings (SSSR count). The average molecular weight is 343 g/mol. The second kappa shape index (κ2) is 8.45. The van der Waals surface area contributed by atoms with Gasteiger partial charge in [-0.2, -0.15) is 0 Å². The lowest BCUT2D eigenvalue weighted by molar-refractivity contribution is 0.221. The molecule has 1 atom stereocenters. The molecule has 0 spiro atoms. The van der Waals surface area contributed by atoms with Crippen LogP contribution in [0.25, 0.3) is 0 Å². The summed E-state index contributed by atoms with van der Waals surface area (Å²) in [6.07, 6.45) is 5.75. The molecule has 1 fully saturated rings. The Balaban J connectivity index is 1.56. The van der Waals surface area contributed by atoms with E-state index in [1.807, 2.05) is 24.3 Å². The molecule has 0 unspecified atom stereocenters. The quantitative estimate of drug-likeness (QED) is 0.860. The maximum Gasteiger partial charge on any atom is 0.0498 e. The highest BCUT2D eigenvalue weighted by molar-refractivity contribution is 7.84. The molecular formula is C20H26N2OS. The first-order valence-corrected chi connectivity index (χ1v) is 10.2. The zero-order chi connectivity index (χ0) is 16.8. The molecule has 1 N–H and O–H groups in total. The van der Waals surface area contributed by atoms with Crippen LogP contribution in [-0.4, -0.2) is 28.5 Å². The molecule has 24 heavy (non-hydrogen) atoms. The zero-order valence-electron chi connectivity index (χ0n) is 14.3. The van der Waals surface area contributed by atoms with Crippen LogP contribution in [0.2, 0.25) is 0 Å². The Morgan fingerprint density at radius 3 is 2.46 bits per heavy atom. The molecule has 0 aliphatic carbocycles. The summed E-state index contributed by atoms with van der Waals surface area (Å²) in [5.41, 5.74) is 3.73. The molecule has 0 bridgehead atoms. The minimum atomic E-state index is -0.909. The Morgan fingerprint density at radius 1 is 1.00 bits per heavy atom. The lowest BCUT2D eigenvalue weighted by Crippen LogP contribution is -2.29. The first-order chi connectivity index (χ1) is 11.7. The van der Waals surface area contributed by atoms with Gasteiger partial charge in [0.15, 0.2) is 0 Å². The number of rotatable bonds is 6. The van der Waals surface area contributed by atoms with Crippen molar-refractivity contribution in [1.29, 1.82) is 0 Å². The fourth-order valence-corrected chi connectivity index (χ4v) is 3.68. The topological polar surface area (TPSA) is 32.3 Å². The summed E-state index contributed by atoms with van der Waals surface area (Å²) in [6, 6.07) is 16.7. The normalized spacial score (nSPS) is 16.7. The Labute approximate surface area is 147 Å². The third kappa shape index (κ3) is 4.92. The van der Waals surface area contributed by atoms with Crippen molar-refractivity contribution in [2.45, 2.75) is 37.2 Å². The summed E-state index contributed by atoms with van der Waals surface area (Å²) >= 11 is 0. The van der Waals surface area contributed by atoms with Crippen LogP contribution >= 0.6 is 0 Å². The number of hydrogen-bond acceptors (Lipinski definition) is 3. The van der Waals surface area contributed by atoms with Crippen molar-refractivity contribution >= 4 is 16.5 Å². The van der Waals surface area contributed by atoms with Crippen LogP contribution in [0.15, 0.2) is 53.4 Å². The van der Waals surface area contributed by atoms with E-state index in [-0.39, 0.29) is 0 Å². The third-order valence-electron chi connectivity index (χ3n) is 4.53. The van der Waals surface area contributed by atoms with E-state index in [9.17, 15) is 4.21 Å². The molecule has 1 heterocycles. The zero-order valence-corrected chi connectivity index (χ0v) is 15.1. The minimum Gasteiger partial charge on any atom is -0.381 e. The molecule has 1 aliphatic heterocycles. The first kappa shape index (κ1) is 17.2. The van der Waals surface area contributed by atoms with Crippen LogP contribution in [0.4, 0.5) is 5.69 Å². The smallest absolute Gasteiger partial charge is 0.0498 e. The third-order valence-corrected chi connectivity index (χ3v) is 5.47. The Hall–Kier alpha value is -1.65. The lowest BCUT2D eigenvalue weighted by Gasteiger charge is -2.26. The number of anilines is 1. The van der Waals surface area contributed by atoms with Gasteiger partial charge in [-0.1, -0.05) is 30.7 Å². The number of nitrogens with zero attached hydrogens (tertiary/aromatic N) is 1. The van der Waals surface area contributed by atoms with Crippen molar-refractivity contribution in [2.75, 3.05) is 24.7 Å². The molecule has 0 radical (unpaired) electrons. The largest absolute Gasteiger partial charge is 0.381 e. The maximum atomic E-state index is 11.4. The van der Waals surface area contributed by atoms with Gasteiger partial charge in [-0.05, 0) is 61.3 Å². The molecule has 0 amide bonds. The van der Waals surface area contributed by atoms with Gasteiger partial charge in [0.2, 0.25) is 0 Å². The molecule has 3 nitrogen and oxygen atoms in total. The van der Waals surface area contributed by atoms with Crippen LogP contribution in [0, 0.1) is 0 Å². The van der Waals surface area contributed by atoms with Crippen molar-refractivity contribution in [3.8, 4) is 0 Å². The van der Waals surface area contributed by atoms with Gasteiger partial charge in [-0.25, -0.2) is 0 Å². The average Bonchev–Trinajstić information content (AvgIpc) is 2.61. The monoisotopic (exact) mass is 342 g/mol. The molecule has 4 heteroatoms. The van der Waals surface area contributed by atoms with E-state index < -0.39 is 10.8 Å². The summed E-state index contributed by atoms with van der Waals surface area (Å²) in [4.78, 5) is 3.42. The first-order valence-electron chi connectivity index (χ1n) is 8.68. The molecular weight excluding hydrogens is 316 g/mol. The Morgan fingerprint density at radius 2 is 1.75 bits per heavy atom. The summed E-state index contributed by atoms with van der Waals surface area (Å²) in [7, 11) is -0.909. The van der Waals surface area contributed by atoms with Gasteiger partial charge < -0.3 is 5.32 Å². The van der Waals surface area contributed by atoms with Crippen molar-refractivity contribution in [3.05, 3.63) is 59.7 Å². The SMILES string of the molecule is C[S@](=O)c1ccc(CNc2cccc(CN3CCCCC3)c2)cc1. The molecule has 0 saturated carbocycles. The van der Waals surface area contributed by atoms with Gasteiger partial charge in [-0.15, -0.1) is 0 Å². The number of hydrogen-bond donors (Lipinski definition) is 1. The highest BCUT2D eigenvalue weighted by Crippen LogP contribution is 2.17. The van der Waals surface area contributed by atoms with Gasteiger partial charge >= 0.3 is 0 Å². The van der Waals surface area contributed by atoms with Crippen molar-refractivity contribution in [2.24, 2.45) is 0 Å². The Kier molecular flexibility index (Phi) is 6.05. The summed E-state index contributed by atoms with van der Waals surface area (Å²) < 4.78 is 11.4. The van der Waals surface area contributed by atoms with E-state index in [0.717, 1.165) is 23.7 Å². The van der Waals surface area contributed by atoms with Crippen LogP contribution in [0.5, 0.6) is 0 Å². The molecule has 0 aromatic heterocycles. The van der Waals surface area contributed by atoms with Crippen molar-refractivity contribution in [1.82, 2.24) is 4.90 Å². The van der Waals surface area contributed by atoms with E-state index in [0.29, 0.717) is 0 Å². The molecule has 1 saturated heterocycles.